The van der Waals surface area contributed by atoms with Gasteiger partial charge in [0.25, 0.3) is 0 Å². The minimum absolute atomic E-state index is 0.0101. The summed E-state index contributed by atoms with van der Waals surface area (Å²) in [5.41, 5.74) is -3.83. The largest absolute Gasteiger partial charge is 0.437 e. The number of alkyl halides is 3. The SMILES string of the molecule is N#CC1=C(SCC(=O)Nc2ccc(F)cc2)N[C@](O)(C(F)(F)F)[C@H](C(=O)c2cccs2)[C@H]1c1ccccc1Cl. The minimum atomic E-state index is -5.38. The van der Waals surface area contributed by atoms with Gasteiger partial charge in [0.1, 0.15) is 5.82 Å². The van der Waals surface area contributed by atoms with Crippen LogP contribution in [0.2, 0.25) is 5.02 Å². The number of carbonyl (C=O) groups excluding carboxylic acids is 2. The third kappa shape index (κ3) is 5.81. The second-order valence-electron chi connectivity index (χ2n) is 8.41. The number of aliphatic hydroxyl groups is 1. The molecule has 1 aromatic heterocycles. The first-order valence-corrected chi connectivity index (χ1v) is 13.4. The number of thiophene rings is 1. The van der Waals surface area contributed by atoms with Gasteiger partial charge >= 0.3 is 6.18 Å². The molecule has 3 aromatic rings. The van der Waals surface area contributed by atoms with E-state index in [2.05, 4.69) is 5.32 Å². The monoisotopic (exact) mass is 595 g/mol. The van der Waals surface area contributed by atoms with Crippen LogP contribution in [0.25, 0.3) is 0 Å². The number of carbonyl (C=O) groups is 2. The highest BCUT2D eigenvalue weighted by molar-refractivity contribution is 8.03. The van der Waals surface area contributed by atoms with Gasteiger partial charge in [-0.3, -0.25) is 9.59 Å². The number of benzene rings is 2. The smallest absolute Gasteiger partial charge is 0.363 e. The standard InChI is InChI=1S/C26H18ClF4N3O3S2/c27-18-5-2-1-4-16(18)21-17(12-32)24(39-13-20(35)33-15-9-7-14(28)8-10-15)34-25(37,26(29,30)31)22(21)23(36)19-6-3-11-38-19/h1-11,21-22,34,37H,13H2,(H,33,35)/t21-,22-,25+/m0/s1. The molecule has 1 aliphatic rings. The number of nitriles is 1. The van der Waals surface area contributed by atoms with Crippen LogP contribution in [-0.4, -0.2) is 34.5 Å². The lowest BCUT2D eigenvalue weighted by atomic mass is 9.70. The fourth-order valence-corrected chi connectivity index (χ4v) is 6.05. The summed E-state index contributed by atoms with van der Waals surface area (Å²) >= 11 is 7.77. The average Bonchev–Trinajstić information content (AvgIpc) is 3.43. The Balaban J connectivity index is 1.79. The quantitative estimate of drug-likeness (QED) is 0.226. The van der Waals surface area contributed by atoms with Gasteiger partial charge in [-0.2, -0.15) is 18.4 Å². The van der Waals surface area contributed by atoms with Crippen molar-refractivity contribution in [3.05, 3.63) is 97.9 Å². The van der Waals surface area contributed by atoms with E-state index in [0.29, 0.717) is 11.8 Å². The van der Waals surface area contributed by atoms with Crippen molar-refractivity contribution in [3.63, 3.8) is 0 Å². The molecule has 2 heterocycles. The third-order valence-corrected chi connectivity index (χ3v) is 8.20. The maximum absolute atomic E-state index is 14.6. The Morgan fingerprint density at radius 3 is 2.44 bits per heavy atom. The summed E-state index contributed by atoms with van der Waals surface area (Å²) in [4.78, 5) is 26.0. The van der Waals surface area contributed by atoms with Crippen molar-refractivity contribution in [1.82, 2.24) is 5.32 Å². The molecule has 0 unspecified atom stereocenters. The van der Waals surface area contributed by atoms with Crippen molar-refractivity contribution in [2.75, 3.05) is 11.1 Å². The fraction of sp³-hybridized carbons (Fsp3) is 0.192. The summed E-state index contributed by atoms with van der Waals surface area (Å²) in [5.74, 6) is -6.52. The van der Waals surface area contributed by atoms with Gasteiger partial charge in [0, 0.05) is 16.6 Å². The van der Waals surface area contributed by atoms with Gasteiger partial charge in [-0.05, 0) is 47.3 Å². The van der Waals surface area contributed by atoms with Crippen LogP contribution in [0.4, 0.5) is 23.2 Å². The first-order valence-electron chi connectivity index (χ1n) is 11.2. The van der Waals surface area contributed by atoms with Crippen molar-refractivity contribution in [1.29, 1.82) is 5.26 Å². The van der Waals surface area contributed by atoms with Crippen molar-refractivity contribution in [2.24, 2.45) is 5.92 Å². The van der Waals surface area contributed by atoms with Crippen molar-refractivity contribution in [2.45, 2.75) is 17.8 Å². The van der Waals surface area contributed by atoms with Crippen LogP contribution in [0.1, 0.15) is 21.2 Å². The van der Waals surface area contributed by atoms with Gasteiger partial charge < -0.3 is 15.7 Å². The predicted octanol–water partition coefficient (Wildman–Crippen LogP) is 6.08. The highest BCUT2D eigenvalue weighted by atomic mass is 35.5. The third-order valence-electron chi connectivity index (χ3n) is 5.96. The molecular formula is C26H18ClF4N3O3S2. The second-order valence-corrected chi connectivity index (χ2v) is 10.7. The van der Waals surface area contributed by atoms with E-state index in [1.54, 1.807) is 0 Å². The molecule has 2 aromatic carbocycles. The first kappa shape index (κ1) is 28.6. The van der Waals surface area contributed by atoms with E-state index in [-0.39, 0.29) is 26.7 Å². The highest BCUT2D eigenvalue weighted by Crippen LogP contribution is 2.52. The Bertz CT molecular complexity index is 1460. The van der Waals surface area contributed by atoms with E-state index in [9.17, 15) is 37.5 Å². The van der Waals surface area contributed by atoms with Crippen LogP contribution in [0.3, 0.4) is 0 Å². The van der Waals surface area contributed by atoms with E-state index >= 15 is 0 Å². The van der Waals surface area contributed by atoms with Gasteiger partial charge in [-0.1, -0.05) is 47.6 Å². The Kier molecular flexibility index (Phi) is 8.37. The number of halogens is 5. The summed E-state index contributed by atoms with van der Waals surface area (Å²) in [6, 6.07) is 15.3. The number of rotatable bonds is 7. The molecule has 1 aliphatic heterocycles. The molecule has 1 amide bonds. The highest BCUT2D eigenvalue weighted by Gasteiger charge is 2.66. The first-order chi connectivity index (χ1) is 18.5. The lowest BCUT2D eigenvalue weighted by Gasteiger charge is -2.45. The predicted molar refractivity (Wildman–Crippen MR) is 141 cm³/mol. The molecule has 0 aliphatic carbocycles. The molecule has 0 saturated carbocycles. The van der Waals surface area contributed by atoms with Gasteiger partial charge in [0.15, 0.2) is 5.78 Å². The summed E-state index contributed by atoms with van der Waals surface area (Å²) in [6.07, 6.45) is -5.38. The van der Waals surface area contributed by atoms with E-state index in [1.165, 1.54) is 53.9 Å². The maximum Gasteiger partial charge on any atom is 0.437 e. The molecule has 0 spiro atoms. The molecule has 0 fully saturated rings. The fourth-order valence-electron chi connectivity index (χ4n) is 4.19. The normalized spacial score (nSPS) is 21.2. The zero-order chi connectivity index (χ0) is 28.4. The molecular weight excluding hydrogens is 578 g/mol. The van der Waals surface area contributed by atoms with Crippen LogP contribution in [-0.2, 0) is 4.79 Å². The number of anilines is 1. The molecule has 4 rings (SSSR count). The minimum Gasteiger partial charge on any atom is -0.363 e. The molecule has 3 atom stereocenters. The average molecular weight is 596 g/mol. The van der Waals surface area contributed by atoms with Gasteiger partial charge in [-0.25, -0.2) is 4.39 Å². The number of hydrogen-bond acceptors (Lipinski definition) is 7. The van der Waals surface area contributed by atoms with E-state index < -0.39 is 52.0 Å². The van der Waals surface area contributed by atoms with E-state index in [4.69, 9.17) is 11.6 Å². The lowest BCUT2D eigenvalue weighted by Crippen LogP contribution is -2.66. The topological polar surface area (TPSA) is 102 Å². The van der Waals surface area contributed by atoms with Crippen molar-refractivity contribution < 1.29 is 32.3 Å². The zero-order valence-corrected chi connectivity index (χ0v) is 22.0. The Morgan fingerprint density at radius 2 is 1.85 bits per heavy atom. The number of thioether (sulfide) groups is 1. The van der Waals surface area contributed by atoms with E-state index in [1.807, 2.05) is 11.4 Å². The molecule has 0 saturated heterocycles. The molecule has 202 valence electrons. The Hall–Kier alpha value is -3.37. The number of allylic oxidation sites excluding steroid dienone is 1. The number of nitrogens with zero attached hydrogens (tertiary/aromatic N) is 1. The van der Waals surface area contributed by atoms with E-state index in [0.717, 1.165) is 23.5 Å². The summed E-state index contributed by atoms with van der Waals surface area (Å²) in [7, 11) is 0. The lowest BCUT2D eigenvalue weighted by molar-refractivity contribution is -0.285. The van der Waals surface area contributed by atoms with Gasteiger partial charge in [0.2, 0.25) is 11.6 Å². The van der Waals surface area contributed by atoms with Crippen LogP contribution in [0.5, 0.6) is 0 Å². The van der Waals surface area contributed by atoms with Crippen LogP contribution in [0.15, 0.2) is 76.6 Å². The molecule has 6 nitrogen and oxygen atoms in total. The van der Waals surface area contributed by atoms with Crippen LogP contribution >= 0.6 is 34.7 Å². The van der Waals surface area contributed by atoms with Crippen LogP contribution < -0.4 is 10.6 Å². The second kappa shape index (κ2) is 11.4. The summed E-state index contributed by atoms with van der Waals surface area (Å²) in [5, 5.41) is 26.8. The number of ketones is 1. The molecule has 13 heteroatoms. The number of hydrogen-bond donors (Lipinski definition) is 3. The van der Waals surface area contributed by atoms with Gasteiger partial charge in [-0.15, -0.1) is 11.3 Å². The molecule has 0 radical (unpaired) electrons. The molecule has 0 bridgehead atoms. The summed E-state index contributed by atoms with van der Waals surface area (Å²) in [6.45, 7) is 0. The van der Waals surface area contributed by atoms with Crippen molar-refractivity contribution in [3.8, 4) is 6.07 Å². The van der Waals surface area contributed by atoms with Crippen molar-refractivity contribution >= 4 is 52.1 Å². The molecule has 3 N–H and O–H groups in total. The molecule has 39 heavy (non-hydrogen) atoms. The number of Topliss-reactive ketones (excluding diaryl/α,β-unsaturated/α-hetero) is 1. The van der Waals surface area contributed by atoms with Gasteiger partial charge in [0.05, 0.1) is 33.2 Å². The Labute approximate surface area is 233 Å². The maximum atomic E-state index is 14.6. The van der Waals surface area contributed by atoms with Crippen LogP contribution in [0, 0.1) is 23.1 Å². The summed E-state index contributed by atoms with van der Waals surface area (Å²) < 4.78 is 56.9. The zero-order valence-electron chi connectivity index (χ0n) is 19.6. The number of amides is 1. The number of nitrogens with one attached hydrogen (secondary N) is 2. The Morgan fingerprint density at radius 1 is 1.15 bits per heavy atom.